The first-order chi connectivity index (χ1) is 11.1. The van der Waals surface area contributed by atoms with E-state index in [4.69, 9.17) is 4.74 Å². The van der Waals surface area contributed by atoms with Crippen molar-refractivity contribution in [3.05, 3.63) is 63.5 Å². The molecule has 3 aromatic rings. The fourth-order valence-corrected chi connectivity index (χ4v) is 2.40. The molecule has 0 radical (unpaired) electrons. The molecule has 0 spiro atoms. The second-order valence-electron chi connectivity index (χ2n) is 4.90. The van der Waals surface area contributed by atoms with Crippen molar-refractivity contribution in [3.8, 4) is 17.2 Å². The monoisotopic (exact) mass is 311 g/mol. The van der Waals surface area contributed by atoms with Crippen molar-refractivity contribution < 1.29 is 9.84 Å². The predicted molar refractivity (Wildman–Crippen MR) is 85.1 cm³/mol. The first-order valence-electron chi connectivity index (χ1n) is 6.81. The van der Waals surface area contributed by atoms with Crippen molar-refractivity contribution in [3.63, 3.8) is 0 Å². The number of phenolic OH excluding ortho intramolecular Hbond substituents is 1. The van der Waals surface area contributed by atoms with Crippen LogP contribution in [0.15, 0.2) is 52.7 Å². The van der Waals surface area contributed by atoms with Crippen molar-refractivity contribution in [2.24, 2.45) is 5.18 Å². The van der Waals surface area contributed by atoms with Crippen LogP contribution in [0.2, 0.25) is 0 Å². The number of nitroso groups, excluding NO2 is 1. The van der Waals surface area contributed by atoms with Gasteiger partial charge in [0.2, 0.25) is 0 Å². The Morgan fingerprint density at radius 1 is 1.26 bits per heavy atom. The smallest absolute Gasteiger partial charge is 0.265 e. The Balaban J connectivity index is 2.26. The van der Waals surface area contributed by atoms with Gasteiger partial charge in [-0.3, -0.25) is 9.36 Å². The van der Waals surface area contributed by atoms with Gasteiger partial charge < -0.3 is 9.84 Å². The minimum Gasteiger partial charge on any atom is -0.508 e. The van der Waals surface area contributed by atoms with E-state index in [9.17, 15) is 14.8 Å². The van der Waals surface area contributed by atoms with E-state index in [0.29, 0.717) is 27.9 Å². The molecule has 0 saturated heterocycles. The highest BCUT2D eigenvalue weighted by Gasteiger charge is 2.11. The number of nitrogens with zero attached hydrogens (tertiary/aromatic N) is 3. The largest absolute Gasteiger partial charge is 0.508 e. The number of rotatable bonds is 4. The number of fused-ring (bicyclic) bond motifs is 1. The molecule has 0 saturated carbocycles. The third-order valence-electron chi connectivity index (χ3n) is 3.52. The van der Waals surface area contributed by atoms with Gasteiger partial charge >= 0.3 is 0 Å². The van der Waals surface area contributed by atoms with Gasteiger partial charge in [-0.2, -0.15) is 4.91 Å². The fraction of sp³-hybridized carbons (Fsp3) is 0.125. The average Bonchev–Trinajstić information content (AvgIpc) is 2.56. The second kappa shape index (κ2) is 5.88. The Bertz CT molecular complexity index is 950. The van der Waals surface area contributed by atoms with Crippen LogP contribution in [0.5, 0.6) is 11.5 Å². The average molecular weight is 311 g/mol. The molecule has 0 atom stereocenters. The summed E-state index contributed by atoms with van der Waals surface area (Å²) in [6.45, 7) is -0.160. The van der Waals surface area contributed by atoms with Gasteiger partial charge in [-0.25, -0.2) is 4.98 Å². The minimum absolute atomic E-state index is 0.00383. The summed E-state index contributed by atoms with van der Waals surface area (Å²) < 4.78 is 6.46. The zero-order valence-corrected chi connectivity index (χ0v) is 12.3. The molecule has 23 heavy (non-hydrogen) atoms. The Morgan fingerprint density at radius 3 is 2.83 bits per heavy atom. The zero-order valence-electron chi connectivity index (χ0n) is 12.3. The normalized spacial score (nSPS) is 10.7. The Morgan fingerprint density at radius 2 is 2.09 bits per heavy atom. The Labute approximate surface area is 130 Å². The molecule has 1 heterocycles. The van der Waals surface area contributed by atoms with E-state index in [0.717, 1.165) is 0 Å². The maximum Gasteiger partial charge on any atom is 0.265 e. The standard InChI is InChI=1S/C16H13N3O4/c1-23-12-3-4-14-13(7-12)16(21)19(9-17-14)15-5-2-11(20)6-10(15)8-18-22/h2-7,9,20H,8H2,1H3. The van der Waals surface area contributed by atoms with Crippen molar-refractivity contribution >= 4 is 10.9 Å². The van der Waals surface area contributed by atoms with E-state index >= 15 is 0 Å². The van der Waals surface area contributed by atoms with Gasteiger partial charge in [0, 0.05) is 5.56 Å². The SMILES string of the molecule is COc1ccc2ncn(-c3ccc(O)cc3CN=O)c(=O)c2c1. The molecule has 3 rings (SSSR count). The van der Waals surface area contributed by atoms with Crippen LogP contribution in [0.3, 0.4) is 0 Å². The summed E-state index contributed by atoms with van der Waals surface area (Å²) in [5.74, 6) is 0.547. The highest BCUT2D eigenvalue weighted by molar-refractivity contribution is 5.79. The van der Waals surface area contributed by atoms with Crippen LogP contribution in [0.4, 0.5) is 0 Å². The summed E-state index contributed by atoms with van der Waals surface area (Å²) in [5, 5.41) is 12.8. The molecule has 0 bridgehead atoms. The molecule has 7 heteroatoms. The van der Waals surface area contributed by atoms with Crippen LogP contribution in [-0.2, 0) is 6.54 Å². The van der Waals surface area contributed by atoms with Crippen LogP contribution >= 0.6 is 0 Å². The van der Waals surface area contributed by atoms with Gasteiger partial charge in [0.1, 0.15) is 24.4 Å². The Kier molecular flexibility index (Phi) is 3.76. The lowest BCUT2D eigenvalue weighted by molar-refractivity contribution is 0.415. The van der Waals surface area contributed by atoms with Gasteiger partial charge in [-0.1, -0.05) is 5.18 Å². The van der Waals surface area contributed by atoms with Gasteiger partial charge in [0.25, 0.3) is 5.56 Å². The van der Waals surface area contributed by atoms with E-state index < -0.39 is 0 Å². The summed E-state index contributed by atoms with van der Waals surface area (Å²) in [7, 11) is 1.52. The number of hydrogen-bond acceptors (Lipinski definition) is 6. The molecule has 116 valence electrons. The molecule has 1 aromatic heterocycles. The fourth-order valence-electron chi connectivity index (χ4n) is 2.40. The maximum absolute atomic E-state index is 12.7. The van der Waals surface area contributed by atoms with Crippen molar-refractivity contribution in [1.29, 1.82) is 0 Å². The van der Waals surface area contributed by atoms with Gasteiger partial charge in [0.05, 0.1) is 23.7 Å². The summed E-state index contributed by atoms with van der Waals surface area (Å²) in [6.07, 6.45) is 1.39. The van der Waals surface area contributed by atoms with Crippen LogP contribution < -0.4 is 10.3 Å². The molecule has 0 fully saturated rings. The van der Waals surface area contributed by atoms with E-state index in [2.05, 4.69) is 10.2 Å². The molecule has 0 amide bonds. The lowest BCUT2D eigenvalue weighted by Crippen LogP contribution is -2.20. The van der Waals surface area contributed by atoms with Crippen LogP contribution in [0.25, 0.3) is 16.6 Å². The second-order valence-corrected chi connectivity index (χ2v) is 4.90. The molecule has 0 aliphatic heterocycles. The van der Waals surface area contributed by atoms with Gasteiger partial charge in [-0.05, 0) is 36.4 Å². The molecule has 0 aliphatic rings. The van der Waals surface area contributed by atoms with Crippen LogP contribution in [0, 0.1) is 4.91 Å². The van der Waals surface area contributed by atoms with Crippen LogP contribution in [0.1, 0.15) is 5.56 Å². The Hall–Kier alpha value is -3.22. The van der Waals surface area contributed by atoms with Crippen molar-refractivity contribution in [2.75, 3.05) is 7.11 Å². The number of ether oxygens (including phenoxy) is 1. The first-order valence-corrected chi connectivity index (χ1v) is 6.81. The third-order valence-corrected chi connectivity index (χ3v) is 3.52. The van der Waals surface area contributed by atoms with Gasteiger partial charge in [0.15, 0.2) is 0 Å². The number of phenols is 1. The molecule has 2 aromatic carbocycles. The molecule has 1 N–H and O–H groups in total. The number of hydrogen-bond donors (Lipinski definition) is 1. The third kappa shape index (κ3) is 2.64. The van der Waals surface area contributed by atoms with E-state index in [1.807, 2.05) is 0 Å². The van der Waals surface area contributed by atoms with Gasteiger partial charge in [-0.15, -0.1) is 0 Å². The molecule has 7 nitrogen and oxygen atoms in total. The van der Waals surface area contributed by atoms with E-state index in [1.165, 1.54) is 30.1 Å². The highest BCUT2D eigenvalue weighted by Crippen LogP contribution is 2.22. The summed E-state index contributed by atoms with van der Waals surface area (Å²) >= 11 is 0. The van der Waals surface area contributed by atoms with E-state index in [1.54, 1.807) is 24.3 Å². The van der Waals surface area contributed by atoms with Crippen LogP contribution in [-0.4, -0.2) is 21.8 Å². The maximum atomic E-state index is 12.7. The number of aromatic hydroxyl groups is 1. The minimum atomic E-state index is -0.299. The summed E-state index contributed by atoms with van der Waals surface area (Å²) in [4.78, 5) is 27.6. The van der Waals surface area contributed by atoms with Crippen molar-refractivity contribution in [2.45, 2.75) is 6.54 Å². The number of methoxy groups -OCH3 is 1. The molecular formula is C16H13N3O4. The summed E-state index contributed by atoms with van der Waals surface area (Å²) in [5.41, 5.74) is 1.13. The van der Waals surface area contributed by atoms with Crippen molar-refractivity contribution in [1.82, 2.24) is 9.55 Å². The molecule has 0 unspecified atom stereocenters. The lowest BCUT2D eigenvalue weighted by Gasteiger charge is -2.11. The highest BCUT2D eigenvalue weighted by atomic mass is 16.5. The predicted octanol–water partition coefficient (Wildman–Crippen LogP) is 2.37. The topological polar surface area (TPSA) is 93.8 Å². The zero-order chi connectivity index (χ0) is 16.4. The first kappa shape index (κ1) is 14.7. The number of aromatic nitrogens is 2. The molecular weight excluding hydrogens is 298 g/mol. The number of benzene rings is 2. The quantitative estimate of drug-likeness (QED) is 0.746. The molecule has 0 aliphatic carbocycles. The van der Waals surface area contributed by atoms with E-state index in [-0.39, 0.29) is 17.9 Å². The lowest BCUT2D eigenvalue weighted by atomic mass is 10.1. The summed E-state index contributed by atoms with van der Waals surface area (Å²) in [6, 6.07) is 9.42.